The minimum absolute atomic E-state index is 0.102. The molecule has 0 saturated heterocycles. The van der Waals surface area contributed by atoms with E-state index in [0.29, 0.717) is 12.1 Å². The van der Waals surface area contributed by atoms with Gasteiger partial charge in [-0.3, -0.25) is 13.9 Å². The molecule has 2 amide bonds. The van der Waals surface area contributed by atoms with Crippen LogP contribution in [-0.2, 0) is 26.2 Å². The van der Waals surface area contributed by atoms with Crippen molar-refractivity contribution in [2.24, 2.45) is 0 Å². The molecule has 1 aliphatic rings. The monoisotopic (exact) mass is 575 g/mol. The van der Waals surface area contributed by atoms with Gasteiger partial charge in [-0.25, -0.2) is 8.42 Å². The topological polar surface area (TPSA) is 86.8 Å². The minimum Gasteiger partial charge on any atom is -0.352 e. The van der Waals surface area contributed by atoms with Crippen molar-refractivity contribution in [3.05, 3.63) is 95.6 Å². The molecule has 1 unspecified atom stereocenters. The molecule has 3 aromatic rings. The highest BCUT2D eigenvalue weighted by molar-refractivity contribution is 7.92. The first kappa shape index (κ1) is 30.3. The van der Waals surface area contributed by atoms with E-state index in [1.165, 1.54) is 6.42 Å². The quantitative estimate of drug-likeness (QED) is 0.315. The van der Waals surface area contributed by atoms with Gasteiger partial charge in [0.2, 0.25) is 11.8 Å². The molecule has 1 N–H and O–H groups in total. The number of nitrogens with zero attached hydrogens (tertiary/aromatic N) is 2. The average molecular weight is 576 g/mol. The predicted octanol–water partition coefficient (Wildman–Crippen LogP) is 5.76. The van der Waals surface area contributed by atoms with Gasteiger partial charge in [0.1, 0.15) is 12.6 Å². The van der Waals surface area contributed by atoms with Gasteiger partial charge in [-0.1, -0.05) is 91.9 Å². The van der Waals surface area contributed by atoms with Crippen LogP contribution in [0.2, 0.25) is 0 Å². The van der Waals surface area contributed by atoms with Gasteiger partial charge in [0.25, 0.3) is 10.0 Å². The van der Waals surface area contributed by atoms with Crippen molar-refractivity contribution in [3.8, 4) is 0 Å². The van der Waals surface area contributed by atoms with E-state index in [0.717, 1.165) is 46.7 Å². The summed E-state index contributed by atoms with van der Waals surface area (Å²) in [5.74, 6) is -0.622. The van der Waals surface area contributed by atoms with E-state index in [9.17, 15) is 18.0 Å². The summed E-state index contributed by atoms with van der Waals surface area (Å²) in [6, 6.07) is 22.5. The molecule has 218 valence electrons. The fourth-order valence-electron chi connectivity index (χ4n) is 5.32. The summed E-state index contributed by atoms with van der Waals surface area (Å²) in [6.07, 6.45) is 5.61. The van der Waals surface area contributed by atoms with E-state index >= 15 is 0 Å². The second-order valence-corrected chi connectivity index (χ2v) is 12.8. The van der Waals surface area contributed by atoms with Crippen LogP contribution in [0.5, 0.6) is 0 Å². The Morgan fingerprint density at radius 3 is 2.02 bits per heavy atom. The molecular weight excluding hydrogens is 534 g/mol. The number of rotatable bonds is 11. The molecule has 0 heterocycles. The number of hydrogen-bond acceptors (Lipinski definition) is 4. The van der Waals surface area contributed by atoms with Crippen molar-refractivity contribution in [2.75, 3.05) is 10.8 Å². The van der Waals surface area contributed by atoms with Crippen LogP contribution in [0.4, 0.5) is 5.69 Å². The molecule has 0 aliphatic heterocycles. The van der Waals surface area contributed by atoms with Crippen molar-refractivity contribution in [1.29, 1.82) is 0 Å². The Kier molecular flexibility index (Phi) is 10.2. The smallest absolute Gasteiger partial charge is 0.264 e. The number of benzene rings is 3. The third-order valence-corrected chi connectivity index (χ3v) is 9.53. The lowest BCUT2D eigenvalue weighted by molar-refractivity contribution is -0.140. The lowest BCUT2D eigenvalue weighted by Gasteiger charge is -2.34. The summed E-state index contributed by atoms with van der Waals surface area (Å²) >= 11 is 0. The van der Waals surface area contributed by atoms with E-state index in [4.69, 9.17) is 0 Å². The van der Waals surface area contributed by atoms with E-state index < -0.39 is 28.5 Å². The number of nitrogens with one attached hydrogen (secondary N) is 1. The zero-order chi connectivity index (χ0) is 29.4. The van der Waals surface area contributed by atoms with Gasteiger partial charge in [-0.2, -0.15) is 0 Å². The summed E-state index contributed by atoms with van der Waals surface area (Å²) in [4.78, 5) is 29.4. The molecule has 7 nitrogen and oxygen atoms in total. The highest BCUT2D eigenvalue weighted by Crippen LogP contribution is 2.26. The number of carbonyl (C=O) groups excluding carboxylic acids is 2. The maximum atomic E-state index is 14.2. The first-order valence-electron chi connectivity index (χ1n) is 14.5. The maximum Gasteiger partial charge on any atom is 0.264 e. The van der Waals surface area contributed by atoms with Crippen molar-refractivity contribution >= 4 is 27.5 Å². The molecule has 0 radical (unpaired) electrons. The number of anilines is 1. The van der Waals surface area contributed by atoms with Crippen LogP contribution in [0.25, 0.3) is 0 Å². The van der Waals surface area contributed by atoms with E-state index in [2.05, 4.69) is 5.32 Å². The van der Waals surface area contributed by atoms with Gasteiger partial charge in [-0.15, -0.1) is 0 Å². The largest absolute Gasteiger partial charge is 0.352 e. The Bertz CT molecular complexity index is 1400. The second kappa shape index (κ2) is 13.8. The highest BCUT2D eigenvalue weighted by atomic mass is 32.2. The molecule has 4 rings (SSSR count). The van der Waals surface area contributed by atoms with Crippen molar-refractivity contribution in [3.63, 3.8) is 0 Å². The van der Waals surface area contributed by atoms with Gasteiger partial charge in [0, 0.05) is 12.6 Å². The van der Waals surface area contributed by atoms with E-state index in [1.54, 1.807) is 41.3 Å². The summed E-state index contributed by atoms with van der Waals surface area (Å²) < 4.78 is 29.1. The Labute approximate surface area is 244 Å². The van der Waals surface area contributed by atoms with Crippen molar-refractivity contribution in [1.82, 2.24) is 10.2 Å². The van der Waals surface area contributed by atoms with Crippen molar-refractivity contribution < 1.29 is 18.0 Å². The van der Waals surface area contributed by atoms with Crippen LogP contribution in [0.3, 0.4) is 0 Å². The van der Waals surface area contributed by atoms with Gasteiger partial charge < -0.3 is 10.2 Å². The molecule has 3 aromatic carbocycles. The minimum atomic E-state index is -4.08. The summed E-state index contributed by atoms with van der Waals surface area (Å²) in [7, 11) is -4.08. The molecule has 1 atom stereocenters. The van der Waals surface area contributed by atoms with Crippen molar-refractivity contribution in [2.45, 2.75) is 82.8 Å². The number of amides is 2. The van der Waals surface area contributed by atoms with Gasteiger partial charge in [0.05, 0.1) is 10.6 Å². The Morgan fingerprint density at radius 2 is 1.44 bits per heavy atom. The molecule has 1 aliphatic carbocycles. The molecule has 8 heteroatoms. The summed E-state index contributed by atoms with van der Waals surface area (Å²) in [5, 5.41) is 3.18. The molecule has 1 fully saturated rings. The first-order valence-corrected chi connectivity index (χ1v) is 15.9. The molecule has 0 spiro atoms. The molecule has 0 aromatic heterocycles. The number of hydrogen-bond donors (Lipinski definition) is 1. The fraction of sp³-hybridized carbons (Fsp3) is 0.394. The van der Waals surface area contributed by atoms with Crippen LogP contribution in [0.15, 0.2) is 83.8 Å². The van der Waals surface area contributed by atoms with Gasteiger partial charge in [0.15, 0.2) is 0 Å². The number of carbonyl (C=O) groups is 2. The SMILES string of the molecule is CCC(C(=O)NC1CCCCC1)N(Cc1ccccc1)C(=O)CN(c1ccc(C)cc1)S(=O)(=O)c1ccc(C)cc1. The van der Waals surface area contributed by atoms with Crippen LogP contribution < -0.4 is 9.62 Å². The molecular formula is C33H41N3O4S. The molecule has 0 bridgehead atoms. The average Bonchev–Trinajstić information content (AvgIpc) is 2.97. The Balaban J connectivity index is 1.68. The van der Waals surface area contributed by atoms with Crippen LogP contribution in [0, 0.1) is 13.8 Å². The molecule has 41 heavy (non-hydrogen) atoms. The zero-order valence-electron chi connectivity index (χ0n) is 24.3. The summed E-state index contributed by atoms with van der Waals surface area (Å²) in [6.45, 7) is 5.47. The maximum absolute atomic E-state index is 14.2. The van der Waals surface area contributed by atoms with Crippen LogP contribution >= 0.6 is 0 Å². The third-order valence-electron chi connectivity index (χ3n) is 7.74. The summed E-state index contributed by atoms with van der Waals surface area (Å²) in [5.41, 5.74) is 3.17. The lowest BCUT2D eigenvalue weighted by atomic mass is 9.95. The third kappa shape index (κ3) is 7.76. The van der Waals surface area contributed by atoms with E-state index in [1.807, 2.05) is 63.2 Å². The predicted molar refractivity (Wildman–Crippen MR) is 163 cm³/mol. The van der Waals surface area contributed by atoms with Gasteiger partial charge in [-0.05, 0) is 62.9 Å². The highest BCUT2D eigenvalue weighted by Gasteiger charge is 2.34. The number of aryl methyl sites for hydroxylation is 2. The Morgan fingerprint density at radius 1 is 0.854 bits per heavy atom. The normalized spacial score (nSPS) is 14.7. The second-order valence-electron chi connectivity index (χ2n) is 10.9. The zero-order valence-corrected chi connectivity index (χ0v) is 25.1. The standard InChI is InChI=1S/C33H41N3O4S/c1-4-31(33(38)34-28-13-9-6-10-14-28)35(23-27-11-7-5-8-12-27)32(37)24-36(29-19-15-25(2)16-20-29)41(39,40)30-21-17-26(3)18-22-30/h5,7-8,11-12,15-22,28,31H,4,6,9-10,13-14,23-24H2,1-3H3,(H,34,38). The lowest BCUT2D eigenvalue weighted by Crippen LogP contribution is -2.54. The first-order chi connectivity index (χ1) is 19.7. The molecule has 1 saturated carbocycles. The Hall–Kier alpha value is -3.65. The van der Waals surface area contributed by atoms with Crippen LogP contribution in [0.1, 0.15) is 62.1 Å². The number of sulfonamides is 1. The van der Waals surface area contributed by atoms with Crippen LogP contribution in [-0.4, -0.2) is 43.8 Å². The van der Waals surface area contributed by atoms with Gasteiger partial charge >= 0.3 is 0 Å². The fourth-order valence-corrected chi connectivity index (χ4v) is 6.74. The van der Waals surface area contributed by atoms with E-state index in [-0.39, 0.29) is 23.4 Å².